The summed E-state index contributed by atoms with van der Waals surface area (Å²) in [5.74, 6) is 0.0766. The largest absolute Gasteiger partial charge is 0.373 e. The summed E-state index contributed by atoms with van der Waals surface area (Å²) >= 11 is 0. The summed E-state index contributed by atoms with van der Waals surface area (Å²) in [6.07, 6.45) is 6.51. The molecule has 8 heteroatoms. The Kier molecular flexibility index (Phi) is 4.69. The van der Waals surface area contributed by atoms with Crippen molar-refractivity contribution in [1.82, 2.24) is 19.7 Å². The lowest BCUT2D eigenvalue weighted by molar-refractivity contribution is -0.115. The quantitative estimate of drug-likeness (QED) is 0.769. The first-order valence-corrected chi connectivity index (χ1v) is 7.59. The maximum Gasteiger partial charge on any atom is 0.228 e. The number of nitrogens with one attached hydrogen (secondary N) is 1. The Labute approximate surface area is 144 Å². The third-order valence-electron chi connectivity index (χ3n) is 3.52. The molecular formula is C17H17FN6O. The molecule has 3 rings (SSSR count). The van der Waals surface area contributed by atoms with Gasteiger partial charge >= 0.3 is 0 Å². The van der Waals surface area contributed by atoms with Crippen molar-refractivity contribution in [1.29, 1.82) is 0 Å². The van der Waals surface area contributed by atoms with Gasteiger partial charge in [-0.15, -0.1) is 0 Å². The van der Waals surface area contributed by atoms with Gasteiger partial charge in [-0.25, -0.2) is 19.0 Å². The van der Waals surface area contributed by atoms with E-state index in [0.717, 1.165) is 11.3 Å². The highest BCUT2D eigenvalue weighted by atomic mass is 19.1. The molecule has 1 amide bonds. The van der Waals surface area contributed by atoms with E-state index in [0.29, 0.717) is 11.5 Å². The average molecular weight is 340 g/mol. The molecule has 2 heterocycles. The topological polar surface area (TPSA) is 75.9 Å². The van der Waals surface area contributed by atoms with Crippen LogP contribution in [0.25, 0.3) is 5.82 Å². The summed E-state index contributed by atoms with van der Waals surface area (Å²) in [5.41, 5.74) is 2.09. The number of hydrogen-bond donors (Lipinski definition) is 1. The van der Waals surface area contributed by atoms with Gasteiger partial charge in [-0.05, 0) is 17.7 Å². The minimum Gasteiger partial charge on any atom is -0.373 e. The van der Waals surface area contributed by atoms with Crippen LogP contribution in [0, 0.1) is 5.82 Å². The van der Waals surface area contributed by atoms with Crippen molar-refractivity contribution in [3.05, 3.63) is 60.6 Å². The number of benzene rings is 1. The molecule has 0 atom stereocenters. The van der Waals surface area contributed by atoms with Gasteiger partial charge in [-0.2, -0.15) is 5.10 Å². The monoisotopic (exact) mass is 340 g/mol. The molecule has 7 nitrogen and oxygen atoms in total. The second-order valence-corrected chi connectivity index (χ2v) is 5.65. The molecular weight excluding hydrogens is 323 g/mol. The van der Waals surface area contributed by atoms with E-state index in [1.807, 2.05) is 19.0 Å². The molecule has 0 radical (unpaired) electrons. The van der Waals surface area contributed by atoms with Crippen molar-refractivity contribution in [2.45, 2.75) is 6.42 Å². The molecule has 0 bridgehead atoms. The van der Waals surface area contributed by atoms with Crippen molar-refractivity contribution in [2.24, 2.45) is 0 Å². The Hall–Kier alpha value is -3.29. The lowest BCUT2D eigenvalue weighted by atomic mass is 10.1. The summed E-state index contributed by atoms with van der Waals surface area (Å²) in [6.45, 7) is 0. The van der Waals surface area contributed by atoms with E-state index in [2.05, 4.69) is 20.4 Å². The van der Waals surface area contributed by atoms with Crippen molar-refractivity contribution in [3.63, 3.8) is 0 Å². The van der Waals surface area contributed by atoms with Crippen LogP contribution in [0.3, 0.4) is 0 Å². The van der Waals surface area contributed by atoms with Gasteiger partial charge in [0.1, 0.15) is 17.8 Å². The SMILES string of the molecule is CN(C)c1cncnc1-n1cc(NC(=O)Cc2ccc(F)cc2)cn1. The third-order valence-corrected chi connectivity index (χ3v) is 3.52. The van der Waals surface area contributed by atoms with Gasteiger partial charge in [0.2, 0.25) is 5.91 Å². The fourth-order valence-corrected chi connectivity index (χ4v) is 2.30. The zero-order valence-corrected chi connectivity index (χ0v) is 13.8. The Morgan fingerprint density at radius 1 is 1.24 bits per heavy atom. The van der Waals surface area contributed by atoms with Crippen LogP contribution in [-0.4, -0.2) is 39.8 Å². The lowest BCUT2D eigenvalue weighted by Gasteiger charge is -2.14. The molecule has 0 aliphatic carbocycles. The van der Waals surface area contributed by atoms with E-state index in [1.54, 1.807) is 35.4 Å². The maximum absolute atomic E-state index is 12.9. The van der Waals surface area contributed by atoms with Crippen LogP contribution in [0.4, 0.5) is 15.8 Å². The van der Waals surface area contributed by atoms with Crippen molar-refractivity contribution >= 4 is 17.3 Å². The second-order valence-electron chi connectivity index (χ2n) is 5.65. The minimum atomic E-state index is -0.327. The van der Waals surface area contributed by atoms with Crippen LogP contribution >= 0.6 is 0 Å². The smallest absolute Gasteiger partial charge is 0.228 e. The predicted molar refractivity (Wildman–Crippen MR) is 92.2 cm³/mol. The van der Waals surface area contributed by atoms with E-state index in [-0.39, 0.29) is 18.1 Å². The molecule has 0 unspecified atom stereocenters. The molecule has 0 spiro atoms. The Balaban J connectivity index is 1.71. The molecule has 0 aliphatic rings. The van der Waals surface area contributed by atoms with Crippen LogP contribution in [0.2, 0.25) is 0 Å². The van der Waals surface area contributed by atoms with Crippen LogP contribution in [0.15, 0.2) is 49.2 Å². The van der Waals surface area contributed by atoms with Gasteiger partial charge in [-0.1, -0.05) is 12.1 Å². The van der Waals surface area contributed by atoms with Crippen molar-refractivity contribution < 1.29 is 9.18 Å². The number of amides is 1. The van der Waals surface area contributed by atoms with Gasteiger partial charge in [0.15, 0.2) is 5.82 Å². The minimum absolute atomic E-state index is 0.155. The number of aromatic nitrogens is 4. The summed E-state index contributed by atoms with van der Waals surface area (Å²) in [7, 11) is 3.77. The van der Waals surface area contributed by atoms with E-state index < -0.39 is 0 Å². The lowest BCUT2D eigenvalue weighted by Crippen LogP contribution is -2.15. The van der Waals surface area contributed by atoms with Gasteiger partial charge in [-0.3, -0.25) is 4.79 Å². The second kappa shape index (κ2) is 7.08. The van der Waals surface area contributed by atoms with Crippen LogP contribution in [0.1, 0.15) is 5.56 Å². The molecule has 1 N–H and O–H groups in total. The number of carbonyl (C=O) groups is 1. The molecule has 0 saturated carbocycles. The Bertz CT molecular complexity index is 875. The van der Waals surface area contributed by atoms with Gasteiger partial charge in [0.05, 0.1) is 30.7 Å². The average Bonchev–Trinajstić information content (AvgIpc) is 3.05. The highest BCUT2D eigenvalue weighted by molar-refractivity contribution is 5.92. The van der Waals surface area contributed by atoms with E-state index in [4.69, 9.17) is 0 Å². The molecule has 1 aromatic carbocycles. The summed E-state index contributed by atoms with van der Waals surface area (Å²) in [5, 5.41) is 7.01. The number of halogens is 1. The fourth-order valence-electron chi connectivity index (χ4n) is 2.30. The number of anilines is 2. The van der Waals surface area contributed by atoms with Gasteiger partial charge < -0.3 is 10.2 Å². The molecule has 128 valence electrons. The fraction of sp³-hybridized carbons (Fsp3) is 0.176. The first-order valence-electron chi connectivity index (χ1n) is 7.59. The van der Waals surface area contributed by atoms with Crippen LogP contribution in [0.5, 0.6) is 0 Å². The standard InChI is InChI=1S/C17H17FN6O/c1-23(2)15-9-19-11-20-17(15)24-10-14(8-21-24)22-16(25)7-12-3-5-13(18)6-4-12/h3-6,8-11H,7H2,1-2H3,(H,22,25). The first kappa shape index (κ1) is 16.6. The third kappa shape index (κ3) is 3.97. The van der Waals surface area contributed by atoms with Crippen molar-refractivity contribution in [2.75, 3.05) is 24.3 Å². The van der Waals surface area contributed by atoms with Gasteiger partial charge in [0, 0.05) is 14.1 Å². The van der Waals surface area contributed by atoms with E-state index in [9.17, 15) is 9.18 Å². The summed E-state index contributed by atoms with van der Waals surface area (Å²) in [4.78, 5) is 22.2. The number of carbonyl (C=O) groups excluding carboxylic acids is 1. The molecule has 2 aromatic heterocycles. The molecule has 0 aliphatic heterocycles. The summed E-state index contributed by atoms with van der Waals surface area (Å²) in [6, 6.07) is 5.84. The van der Waals surface area contributed by atoms with Crippen LogP contribution in [-0.2, 0) is 11.2 Å². The van der Waals surface area contributed by atoms with Gasteiger partial charge in [0.25, 0.3) is 0 Å². The zero-order chi connectivity index (χ0) is 17.8. The van der Waals surface area contributed by atoms with E-state index in [1.165, 1.54) is 18.5 Å². The van der Waals surface area contributed by atoms with Crippen molar-refractivity contribution in [3.8, 4) is 5.82 Å². The normalized spacial score (nSPS) is 10.5. The zero-order valence-electron chi connectivity index (χ0n) is 13.8. The Morgan fingerprint density at radius 3 is 2.72 bits per heavy atom. The Morgan fingerprint density at radius 2 is 2.00 bits per heavy atom. The number of hydrogen-bond acceptors (Lipinski definition) is 5. The predicted octanol–water partition coefficient (Wildman–Crippen LogP) is 2.05. The number of nitrogens with zero attached hydrogens (tertiary/aromatic N) is 5. The molecule has 0 saturated heterocycles. The highest BCUT2D eigenvalue weighted by Crippen LogP contribution is 2.19. The summed E-state index contributed by atoms with van der Waals surface area (Å²) < 4.78 is 14.5. The number of rotatable bonds is 5. The molecule has 25 heavy (non-hydrogen) atoms. The molecule has 0 fully saturated rings. The molecule has 3 aromatic rings. The highest BCUT2D eigenvalue weighted by Gasteiger charge is 2.11. The van der Waals surface area contributed by atoms with E-state index >= 15 is 0 Å². The maximum atomic E-state index is 12.9. The first-order chi connectivity index (χ1) is 12.0. The van der Waals surface area contributed by atoms with Crippen LogP contribution < -0.4 is 10.2 Å².